The van der Waals surface area contributed by atoms with E-state index < -0.39 is 0 Å². The minimum atomic E-state index is 0.689. The first-order valence-electron chi connectivity index (χ1n) is 4.83. The van der Waals surface area contributed by atoms with Gasteiger partial charge in [-0.2, -0.15) is 0 Å². The molecule has 0 spiro atoms. The van der Waals surface area contributed by atoms with E-state index in [9.17, 15) is 0 Å². The van der Waals surface area contributed by atoms with Crippen molar-refractivity contribution in [2.24, 2.45) is 0 Å². The second-order valence-electron chi connectivity index (χ2n) is 3.23. The zero-order chi connectivity index (χ0) is 11.7. The fourth-order valence-corrected chi connectivity index (χ4v) is 3.22. The molecule has 0 saturated carbocycles. The molecule has 3 aromatic rings. The van der Waals surface area contributed by atoms with E-state index in [0.29, 0.717) is 5.02 Å². The summed E-state index contributed by atoms with van der Waals surface area (Å²) in [5.74, 6) is 0. The molecule has 3 rings (SSSR count). The van der Waals surface area contributed by atoms with E-state index in [2.05, 4.69) is 15.2 Å². The SMILES string of the molecule is Clc1ccccc1-c1nnc(-c2nccs2)s1. The molecule has 2 heterocycles. The van der Waals surface area contributed by atoms with Gasteiger partial charge in [0.15, 0.2) is 10.0 Å². The predicted octanol–water partition coefficient (Wildman–Crippen LogP) is 3.98. The van der Waals surface area contributed by atoms with E-state index >= 15 is 0 Å². The Hall–Kier alpha value is -1.30. The van der Waals surface area contributed by atoms with Crippen LogP contribution in [-0.2, 0) is 0 Å². The van der Waals surface area contributed by atoms with E-state index in [4.69, 9.17) is 11.6 Å². The molecule has 3 nitrogen and oxygen atoms in total. The van der Waals surface area contributed by atoms with Crippen LogP contribution in [0.15, 0.2) is 35.8 Å². The van der Waals surface area contributed by atoms with Crippen molar-refractivity contribution < 1.29 is 0 Å². The molecule has 0 N–H and O–H groups in total. The maximum Gasteiger partial charge on any atom is 0.176 e. The van der Waals surface area contributed by atoms with Crippen LogP contribution >= 0.6 is 34.3 Å². The second kappa shape index (κ2) is 4.52. The van der Waals surface area contributed by atoms with Crippen molar-refractivity contribution in [3.8, 4) is 20.6 Å². The number of benzene rings is 1. The predicted molar refractivity (Wildman–Crippen MR) is 71.5 cm³/mol. The summed E-state index contributed by atoms with van der Waals surface area (Å²) in [6, 6.07) is 7.62. The van der Waals surface area contributed by atoms with Crippen molar-refractivity contribution in [2.75, 3.05) is 0 Å². The fraction of sp³-hybridized carbons (Fsp3) is 0. The third kappa shape index (κ3) is 2.09. The first-order chi connectivity index (χ1) is 8.34. The van der Waals surface area contributed by atoms with Crippen LogP contribution in [0.2, 0.25) is 5.02 Å². The Balaban J connectivity index is 2.04. The van der Waals surface area contributed by atoms with E-state index in [-0.39, 0.29) is 0 Å². The van der Waals surface area contributed by atoms with Gasteiger partial charge in [-0.05, 0) is 6.07 Å². The first kappa shape index (κ1) is 10.8. The summed E-state index contributed by atoms with van der Waals surface area (Å²) >= 11 is 9.17. The third-order valence-electron chi connectivity index (χ3n) is 2.14. The van der Waals surface area contributed by atoms with Gasteiger partial charge in [0.05, 0.1) is 5.02 Å². The molecule has 0 aliphatic carbocycles. The Labute approximate surface area is 111 Å². The molecule has 84 valence electrons. The van der Waals surface area contributed by atoms with Crippen LogP contribution in [0.4, 0.5) is 0 Å². The topological polar surface area (TPSA) is 38.7 Å². The Morgan fingerprint density at radius 1 is 1.00 bits per heavy atom. The van der Waals surface area contributed by atoms with Gasteiger partial charge in [-0.1, -0.05) is 41.1 Å². The third-order valence-corrected chi connectivity index (χ3v) is 4.35. The highest BCUT2D eigenvalue weighted by atomic mass is 35.5. The Morgan fingerprint density at radius 2 is 1.82 bits per heavy atom. The Bertz CT molecular complexity index is 634. The van der Waals surface area contributed by atoms with Crippen molar-refractivity contribution in [1.82, 2.24) is 15.2 Å². The lowest BCUT2D eigenvalue weighted by Gasteiger charge is -1.96. The zero-order valence-electron chi connectivity index (χ0n) is 8.50. The lowest BCUT2D eigenvalue weighted by molar-refractivity contribution is 1.10. The van der Waals surface area contributed by atoms with Gasteiger partial charge in [-0.25, -0.2) is 4.98 Å². The van der Waals surface area contributed by atoms with Crippen LogP contribution < -0.4 is 0 Å². The van der Waals surface area contributed by atoms with Gasteiger partial charge < -0.3 is 0 Å². The molecule has 1 aromatic carbocycles. The lowest BCUT2D eigenvalue weighted by atomic mass is 10.2. The molecule has 6 heteroatoms. The maximum absolute atomic E-state index is 6.12. The highest BCUT2D eigenvalue weighted by molar-refractivity contribution is 7.22. The maximum atomic E-state index is 6.12. The molecule has 0 fully saturated rings. The van der Waals surface area contributed by atoms with Gasteiger partial charge in [0.1, 0.15) is 5.01 Å². The Kier molecular flexibility index (Phi) is 2.88. The molecule has 0 bridgehead atoms. The first-order valence-corrected chi connectivity index (χ1v) is 6.90. The summed E-state index contributed by atoms with van der Waals surface area (Å²) < 4.78 is 0. The molecule has 0 aliphatic heterocycles. The van der Waals surface area contributed by atoms with Crippen LogP contribution in [0.3, 0.4) is 0 Å². The summed E-state index contributed by atoms with van der Waals surface area (Å²) in [7, 11) is 0. The molecule has 0 radical (unpaired) electrons. The number of aromatic nitrogens is 3. The normalized spacial score (nSPS) is 10.6. The molecule has 0 unspecified atom stereocenters. The van der Waals surface area contributed by atoms with Gasteiger partial charge >= 0.3 is 0 Å². The van der Waals surface area contributed by atoms with Crippen molar-refractivity contribution in [3.05, 3.63) is 40.9 Å². The van der Waals surface area contributed by atoms with Crippen molar-refractivity contribution in [3.63, 3.8) is 0 Å². The molecule has 0 amide bonds. The van der Waals surface area contributed by atoms with Crippen LogP contribution in [-0.4, -0.2) is 15.2 Å². The quantitative estimate of drug-likeness (QED) is 0.712. The van der Waals surface area contributed by atoms with Crippen LogP contribution in [0.1, 0.15) is 0 Å². The zero-order valence-corrected chi connectivity index (χ0v) is 10.9. The summed E-state index contributed by atoms with van der Waals surface area (Å²) in [6.07, 6.45) is 1.76. The fourth-order valence-electron chi connectivity index (χ4n) is 1.38. The lowest BCUT2D eigenvalue weighted by Crippen LogP contribution is -1.77. The number of hydrogen-bond acceptors (Lipinski definition) is 5. The van der Waals surface area contributed by atoms with Gasteiger partial charge in [0.2, 0.25) is 0 Å². The Morgan fingerprint density at radius 3 is 2.59 bits per heavy atom. The van der Waals surface area contributed by atoms with Crippen molar-refractivity contribution >= 4 is 34.3 Å². The summed E-state index contributed by atoms with van der Waals surface area (Å²) in [5.41, 5.74) is 0.912. The second-order valence-corrected chi connectivity index (χ2v) is 5.51. The molecule has 2 aromatic heterocycles. The average molecular weight is 280 g/mol. The van der Waals surface area contributed by atoms with E-state index in [0.717, 1.165) is 20.6 Å². The molecule has 0 aliphatic rings. The molecule has 0 atom stereocenters. The van der Waals surface area contributed by atoms with Crippen molar-refractivity contribution in [1.29, 1.82) is 0 Å². The van der Waals surface area contributed by atoms with Gasteiger partial charge in [-0.3, -0.25) is 0 Å². The summed E-state index contributed by atoms with van der Waals surface area (Å²) in [5, 5.41) is 13.4. The average Bonchev–Trinajstić information content (AvgIpc) is 3.00. The minimum absolute atomic E-state index is 0.689. The van der Waals surface area contributed by atoms with Crippen molar-refractivity contribution in [2.45, 2.75) is 0 Å². The van der Waals surface area contributed by atoms with Crippen LogP contribution in [0, 0.1) is 0 Å². The van der Waals surface area contributed by atoms with E-state index in [1.165, 1.54) is 11.3 Å². The number of halogens is 1. The monoisotopic (exact) mass is 279 g/mol. The van der Waals surface area contributed by atoms with Gasteiger partial charge in [-0.15, -0.1) is 21.5 Å². The minimum Gasteiger partial charge on any atom is -0.242 e. The highest BCUT2D eigenvalue weighted by Gasteiger charge is 2.12. The largest absolute Gasteiger partial charge is 0.242 e. The molecule has 0 saturated heterocycles. The van der Waals surface area contributed by atoms with Gasteiger partial charge in [0, 0.05) is 17.1 Å². The number of hydrogen-bond donors (Lipinski definition) is 0. The standard InChI is InChI=1S/C11H6ClN3S2/c12-8-4-2-1-3-7(8)9-14-15-11(17-9)10-13-5-6-16-10/h1-6H. The number of nitrogens with zero attached hydrogens (tertiary/aromatic N) is 3. The number of thiazole rings is 1. The van der Waals surface area contributed by atoms with Gasteiger partial charge in [0.25, 0.3) is 0 Å². The molecular formula is C11H6ClN3S2. The highest BCUT2D eigenvalue weighted by Crippen LogP contribution is 2.33. The van der Waals surface area contributed by atoms with E-state index in [1.807, 2.05) is 29.6 Å². The van der Waals surface area contributed by atoms with Crippen LogP contribution in [0.25, 0.3) is 20.6 Å². The van der Waals surface area contributed by atoms with E-state index in [1.54, 1.807) is 17.5 Å². The number of rotatable bonds is 2. The molecular weight excluding hydrogens is 274 g/mol. The molecule has 17 heavy (non-hydrogen) atoms. The summed E-state index contributed by atoms with van der Waals surface area (Å²) in [4.78, 5) is 4.21. The van der Waals surface area contributed by atoms with Crippen LogP contribution in [0.5, 0.6) is 0 Å². The summed E-state index contributed by atoms with van der Waals surface area (Å²) in [6.45, 7) is 0. The smallest absolute Gasteiger partial charge is 0.176 e.